The second kappa shape index (κ2) is 10.1. The number of carboxylic acid groups (broad SMARTS) is 2. The van der Waals surface area contributed by atoms with Crippen molar-refractivity contribution in [1.29, 1.82) is 0 Å². The molecule has 0 radical (unpaired) electrons. The summed E-state index contributed by atoms with van der Waals surface area (Å²) < 4.78 is 5.20. The van der Waals surface area contributed by atoms with Crippen LogP contribution in [0.25, 0.3) is 6.08 Å². The first-order chi connectivity index (χ1) is 14.2. The Morgan fingerprint density at radius 1 is 1.00 bits per heavy atom. The number of carbonyl (C=O) groups is 3. The number of hydrogen-bond donors (Lipinski definition) is 3. The van der Waals surface area contributed by atoms with Crippen molar-refractivity contribution in [2.45, 2.75) is 20.3 Å². The molecule has 0 unspecified atom stereocenters. The molecule has 30 heavy (non-hydrogen) atoms. The van der Waals surface area contributed by atoms with E-state index < -0.39 is 24.3 Å². The number of ketones is 1. The van der Waals surface area contributed by atoms with Crippen LogP contribution in [0.2, 0.25) is 0 Å². The molecule has 0 amide bonds. The lowest BCUT2D eigenvalue weighted by molar-refractivity contribution is -0.139. The van der Waals surface area contributed by atoms with Gasteiger partial charge in [-0.25, -0.2) is 9.59 Å². The predicted octanol–water partition coefficient (Wildman–Crippen LogP) is 3.96. The highest BCUT2D eigenvalue weighted by Gasteiger charge is 2.19. The van der Waals surface area contributed by atoms with E-state index in [-0.39, 0.29) is 22.6 Å². The Kier molecular flexibility index (Phi) is 7.52. The average molecular weight is 410 g/mol. The minimum absolute atomic E-state index is 0.0214. The van der Waals surface area contributed by atoms with Crippen LogP contribution in [0.4, 0.5) is 0 Å². The van der Waals surface area contributed by atoms with Gasteiger partial charge in [-0.05, 0) is 50.1 Å². The number of ether oxygens (including phenoxy) is 1. The van der Waals surface area contributed by atoms with Crippen molar-refractivity contribution in [1.82, 2.24) is 0 Å². The summed E-state index contributed by atoms with van der Waals surface area (Å²) in [6.07, 6.45) is 5.02. The summed E-state index contributed by atoms with van der Waals surface area (Å²) in [5, 5.41) is 28.4. The van der Waals surface area contributed by atoms with E-state index in [2.05, 4.69) is 0 Å². The van der Waals surface area contributed by atoms with Crippen LogP contribution in [0.5, 0.6) is 11.5 Å². The number of rotatable bonds is 9. The van der Waals surface area contributed by atoms with Crippen LogP contribution < -0.4 is 4.74 Å². The molecule has 2 aromatic carbocycles. The smallest absolute Gasteiger partial charge is 0.341 e. The number of aromatic carboxylic acids is 1. The normalized spacial score (nSPS) is 10.6. The molecule has 0 fully saturated rings. The number of aliphatic carboxylic acids is 1. The van der Waals surface area contributed by atoms with Crippen LogP contribution in [0.3, 0.4) is 0 Å². The maximum Gasteiger partial charge on any atom is 0.341 e. The number of aromatic hydroxyl groups is 1. The SMILES string of the molecule is CC(C)=CCc1ccc(C(=O)C=Cc2ccc(C(=O)O)cc2)c(OCC(=O)O)c1O. The van der Waals surface area contributed by atoms with Crippen molar-refractivity contribution in [3.05, 3.63) is 76.4 Å². The zero-order chi connectivity index (χ0) is 22.3. The van der Waals surface area contributed by atoms with E-state index in [0.717, 1.165) is 5.57 Å². The third-order valence-electron chi connectivity index (χ3n) is 4.14. The van der Waals surface area contributed by atoms with Gasteiger partial charge in [-0.2, -0.15) is 0 Å². The molecule has 2 rings (SSSR count). The van der Waals surface area contributed by atoms with E-state index in [4.69, 9.17) is 14.9 Å². The molecule has 7 nitrogen and oxygen atoms in total. The molecule has 0 heterocycles. The summed E-state index contributed by atoms with van der Waals surface area (Å²) in [5.74, 6) is -3.25. The van der Waals surface area contributed by atoms with Crippen LogP contribution >= 0.6 is 0 Å². The second-order valence-corrected chi connectivity index (χ2v) is 6.74. The van der Waals surface area contributed by atoms with Crippen molar-refractivity contribution in [2.75, 3.05) is 6.61 Å². The fourth-order valence-corrected chi connectivity index (χ4v) is 2.56. The van der Waals surface area contributed by atoms with Crippen LogP contribution in [0.1, 0.15) is 45.7 Å². The van der Waals surface area contributed by atoms with Gasteiger partial charge in [0.25, 0.3) is 0 Å². The van der Waals surface area contributed by atoms with Gasteiger partial charge in [0, 0.05) is 5.56 Å². The standard InChI is InChI=1S/C23H22O7/c1-14(2)3-7-16-10-11-18(22(21(16)27)30-13-20(25)26)19(24)12-6-15-4-8-17(9-5-15)23(28)29/h3-6,8-12,27H,7,13H2,1-2H3,(H,25,26)(H,28,29). The van der Waals surface area contributed by atoms with Gasteiger partial charge in [-0.3, -0.25) is 4.79 Å². The summed E-state index contributed by atoms with van der Waals surface area (Å²) in [7, 11) is 0. The Morgan fingerprint density at radius 3 is 2.23 bits per heavy atom. The number of carbonyl (C=O) groups excluding carboxylic acids is 1. The molecular weight excluding hydrogens is 388 g/mol. The Balaban J connectivity index is 2.33. The minimum Gasteiger partial charge on any atom is -0.504 e. The monoisotopic (exact) mass is 410 g/mol. The van der Waals surface area contributed by atoms with Gasteiger partial charge >= 0.3 is 11.9 Å². The van der Waals surface area contributed by atoms with Gasteiger partial charge in [-0.15, -0.1) is 0 Å². The lowest BCUT2D eigenvalue weighted by atomic mass is 10.0. The third kappa shape index (κ3) is 6.07. The van der Waals surface area contributed by atoms with Crippen molar-refractivity contribution >= 4 is 23.8 Å². The summed E-state index contributed by atoms with van der Waals surface area (Å²) in [4.78, 5) is 34.4. The molecule has 0 aliphatic rings. The van der Waals surface area contributed by atoms with Gasteiger partial charge in [0.2, 0.25) is 0 Å². The molecule has 7 heteroatoms. The van der Waals surface area contributed by atoms with E-state index in [1.165, 1.54) is 30.4 Å². The molecular formula is C23H22O7. The van der Waals surface area contributed by atoms with Crippen molar-refractivity contribution in [3.8, 4) is 11.5 Å². The predicted molar refractivity (Wildman–Crippen MR) is 111 cm³/mol. The Labute approximate surface area is 173 Å². The summed E-state index contributed by atoms with van der Waals surface area (Å²) in [6, 6.07) is 9.00. The molecule has 0 atom stereocenters. The summed E-state index contributed by atoms with van der Waals surface area (Å²) in [6.45, 7) is 3.11. The summed E-state index contributed by atoms with van der Waals surface area (Å²) >= 11 is 0. The summed E-state index contributed by atoms with van der Waals surface area (Å²) in [5.41, 5.74) is 2.29. The number of carboxylic acids is 2. The van der Waals surface area contributed by atoms with E-state index in [9.17, 15) is 19.5 Å². The van der Waals surface area contributed by atoms with Gasteiger partial charge in [-0.1, -0.05) is 35.9 Å². The maximum absolute atomic E-state index is 12.7. The topological polar surface area (TPSA) is 121 Å². The zero-order valence-electron chi connectivity index (χ0n) is 16.6. The molecule has 0 bridgehead atoms. The number of allylic oxidation sites excluding steroid dienone is 3. The number of benzene rings is 2. The van der Waals surface area contributed by atoms with Crippen molar-refractivity contribution in [3.63, 3.8) is 0 Å². The maximum atomic E-state index is 12.7. The van der Waals surface area contributed by atoms with Gasteiger partial charge < -0.3 is 20.1 Å². The Morgan fingerprint density at radius 2 is 1.67 bits per heavy atom. The molecule has 0 aliphatic carbocycles. The first kappa shape index (κ1) is 22.4. The number of phenolic OH excluding ortho intramolecular Hbond substituents is 1. The fourth-order valence-electron chi connectivity index (χ4n) is 2.56. The molecule has 0 spiro atoms. The van der Waals surface area contributed by atoms with Crippen LogP contribution in [-0.4, -0.2) is 39.6 Å². The Hall–Kier alpha value is -3.87. The lowest BCUT2D eigenvalue weighted by Crippen LogP contribution is -2.12. The largest absolute Gasteiger partial charge is 0.504 e. The van der Waals surface area contributed by atoms with E-state index in [1.807, 2.05) is 19.9 Å². The van der Waals surface area contributed by atoms with Crippen LogP contribution in [0, 0.1) is 0 Å². The van der Waals surface area contributed by atoms with E-state index >= 15 is 0 Å². The highest BCUT2D eigenvalue weighted by Crippen LogP contribution is 2.35. The van der Waals surface area contributed by atoms with Crippen LogP contribution in [-0.2, 0) is 11.2 Å². The molecule has 0 aromatic heterocycles. The highest BCUT2D eigenvalue weighted by atomic mass is 16.5. The second-order valence-electron chi connectivity index (χ2n) is 6.74. The Bertz CT molecular complexity index is 1010. The van der Waals surface area contributed by atoms with E-state index in [0.29, 0.717) is 17.5 Å². The lowest BCUT2D eigenvalue weighted by Gasteiger charge is -2.13. The molecule has 3 N–H and O–H groups in total. The molecule has 0 saturated heterocycles. The first-order valence-electron chi connectivity index (χ1n) is 9.07. The molecule has 0 saturated carbocycles. The quantitative estimate of drug-likeness (QED) is 0.325. The number of hydrogen-bond acceptors (Lipinski definition) is 5. The molecule has 0 aliphatic heterocycles. The average Bonchev–Trinajstić information content (AvgIpc) is 2.70. The van der Waals surface area contributed by atoms with Gasteiger partial charge in [0.1, 0.15) is 0 Å². The van der Waals surface area contributed by atoms with Crippen molar-refractivity contribution < 1.29 is 34.4 Å². The molecule has 156 valence electrons. The highest BCUT2D eigenvalue weighted by molar-refractivity contribution is 6.09. The van der Waals surface area contributed by atoms with Crippen LogP contribution in [0.15, 0.2) is 54.1 Å². The van der Waals surface area contributed by atoms with Gasteiger partial charge in [0.05, 0.1) is 11.1 Å². The zero-order valence-corrected chi connectivity index (χ0v) is 16.6. The van der Waals surface area contributed by atoms with Crippen molar-refractivity contribution in [2.24, 2.45) is 0 Å². The number of phenols is 1. The molecule has 2 aromatic rings. The first-order valence-corrected chi connectivity index (χ1v) is 9.07. The third-order valence-corrected chi connectivity index (χ3v) is 4.14. The fraction of sp³-hybridized carbons (Fsp3) is 0.174. The van der Waals surface area contributed by atoms with Gasteiger partial charge in [0.15, 0.2) is 23.9 Å². The minimum atomic E-state index is -1.24. The van der Waals surface area contributed by atoms with E-state index in [1.54, 1.807) is 18.2 Å².